The van der Waals surface area contributed by atoms with Crippen LogP contribution >= 0.6 is 0 Å². The van der Waals surface area contributed by atoms with Crippen LogP contribution in [0.25, 0.3) is 22.3 Å². The molecule has 0 unspecified atom stereocenters. The van der Waals surface area contributed by atoms with E-state index in [-0.39, 0.29) is 16.2 Å². The number of unbranched alkanes of at least 4 members (excludes halogenated alkanes) is 10. The molecule has 2 aliphatic carbocycles. The Labute approximate surface area is 367 Å². The van der Waals surface area contributed by atoms with Crippen LogP contribution in [0.3, 0.4) is 0 Å². The summed E-state index contributed by atoms with van der Waals surface area (Å²) in [6.45, 7) is 23.3. The molecular formula is C60H78. The van der Waals surface area contributed by atoms with Crippen molar-refractivity contribution >= 4 is 0 Å². The first-order chi connectivity index (χ1) is 28.8. The lowest BCUT2D eigenvalue weighted by atomic mass is 9.66. The highest BCUT2D eigenvalue weighted by Gasteiger charge is 2.50. The van der Waals surface area contributed by atoms with E-state index >= 15 is 0 Å². The first-order valence-electron chi connectivity index (χ1n) is 24.5. The summed E-state index contributed by atoms with van der Waals surface area (Å²) in [7, 11) is 0. The van der Waals surface area contributed by atoms with Gasteiger partial charge in [-0.1, -0.05) is 236 Å². The van der Waals surface area contributed by atoms with E-state index in [4.69, 9.17) is 0 Å². The van der Waals surface area contributed by atoms with E-state index in [2.05, 4.69) is 166 Å². The minimum atomic E-state index is -0.440. The number of rotatable bonds is 18. The Kier molecular flexibility index (Phi) is 13.4. The molecule has 318 valence electrons. The van der Waals surface area contributed by atoms with Crippen LogP contribution in [0.5, 0.6) is 0 Å². The highest BCUT2D eigenvalue weighted by molar-refractivity contribution is 5.93. The van der Waals surface area contributed by atoms with Crippen molar-refractivity contribution in [3.8, 4) is 22.3 Å². The average Bonchev–Trinajstić information content (AvgIpc) is 3.65. The van der Waals surface area contributed by atoms with E-state index in [0.717, 1.165) is 6.42 Å². The zero-order chi connectivity index (χ0) is 42.7. The lowest BCUT2D eigenvalue weighted by molar-refractivity contribution is 0.397. The summed E-state index contributed by atoms with van der Waals surface area (Å²) in [6, 6.07) is 40.1. The number of aryl methyl sites for hydroxylation is 2. The van der Waals surface area contributed by atoms with E-state index in [1.807, 2.05) is 0 Å². The van der Waals surface area contributed by atoms with Gasteiger partial charge in [-0.3, -0.25) is 0 Å². The van der Waals surface area contributed by atoms with Gasteiger partial charge in [-0.15, -0.1) is 0 Å². The van der Waals surface area contributed by atoms with Gasteiger partial charge in [0.15, 0.2) is 0 Å². The molecule has 0 heteroatoms. The van der Waals surface area contributed by atoms with Gasteiger partial charge in [0, 0.05) is 5.41 Å². The van der Waals surface area contributed by atoms with Crippen molar-refractivity contribution in [2.45, 2.75) is 194 Å². The number of hydrogen-bond acceptors (Lipinski definition) is 0. The summed E-state index contributed by atoms with van der Waals surface area (Å²) < 4.78 is 0. The van der Waals surface area contributed by atoms with Crippen molar-refractivity contribution in [1.29, 1.82) is 0 Å². The Hall–Kier alpha value is -3.90. The first-order valence-corrected chi connectivity index (χ1v) is 24.5. The zero-order valence-electron chi connectivity index (χ0n) is 39.6. The summed E-state index contributed by atoms with van der Waals surface area (Å²) in [4.78, 5) is 0. The summed E-state index contributed by atoms with van der Waals surface area (Å²) in [6.07, 6.45) is 20.9. The molecule has 0 nitrogen and oxygen atoms in total. The molecule has 0 aliphatic heterocycles. The molecule has 0 atom stereocenters. The summed E-state index contributed by atoms with van der Waals surface area (Å²) in [5, 5.41) is 0. The molecular weight excluding hydrogens is 721 g/mol. The molecule has 0 spiro atoms. The van der Waals surface area contributed by atoms with Crippen molar-refractivity contribution in [3.63, 3.8) is 0 Å². The maximum atomic E-state index is 2.75. The summed E-state index contributed by atoms with van der Waals surface area (Å²) in [5.74, 6) is 0. The Balaban J connectivity index is 1.49. The van der Waals surface area contributed by atoms with Crippen molar-refractivity contribution in [3.05, 3.63) is 153 Å². The Morgan fingerprint density at radius 1 is 0.400 bits per heavy atom. The maximum absolute atomic E-state index is 2.75. The van der Waals surface area contributed by atoms with Crippen molar-refractivity contribution in [2.75, 3.05) is 0 Å². The van der Waals surface area contributed by atoms with Gasteiger partial charge in [-0.25, -0.2) is 0 Å². The third kappa shape index (κ3) is 8.36. The highest BCUT2D eigenvalue weighted by Crippen LogP contribution is 2.62. The molecule has 0 radical (unpaired) electrons. The second-order valence-corrected chi connectivity index (χ2v) is 21.1. The Morgan fingerprint density at radius 2 is 0.833 bits per heavy atom. The molecule has 0 saturated carbocycles. The van der Waals surface area contributed by atoms with E-state index in [1.54, 1.807) is 11.1 Å². The number of benzene rings is 5. The zero-order valence-corrected chi connectivity index (χ0v) is 39.6. The maximum Gasteiger partial charge on any atom is 0.0713 e. The smallest absolute Gasteiger partial charge is 0.0654 e. The predicted molar refractivity (Wildman–Crippen MR) is 262 cm³/mol. The van der Waals surface area contributed by atoms with Crippen molar-refractivity contribution in [1.82, 2.24) is 0 Å². The van der Waals surface area contributed by atoms with E-state index < -0.39 is 5.41 Å². The van der Waals surface area contributed by atoms with Crippen LogP contribution in [0.4, 0.5) is 0 Å². The first kappa shape index (κ1) is 44.2. The molecule has 7 rings (SSSR count). The van der Waals surface area contributed by atoms with Gasteiger partial charge in [-0.05, 0) is 121 Å². The second kappa shape index (κ2) is 18.2. The largest absolute Gasteiger partial charge is 0.0713 e. The predicted octanol–water partition coefficient (Wildman–Crippen LogP) is 17.7. The van der Waals surface area contributed by atoms with Crippen LogP contribution in [0.1, 0.15) is 214 Å². The van der Waals surface area contributed by atoms with Crippen LogP contribution in [0, 0.1) is 6.92 Å². The van der Waals surface area contributed by atoms with Gasteiger partial charge in [0.1, 0.15) is 0 Å². The summed E-state index contributed by atoms with van der Waals surface area (Å²) in [5.41, 5.74) is 20.1. The van der Waals surface area contributed by atoms with Crippen molar-refractivity contribution in [2.24, 2.45) is 0 Å². The Bertz CT molecular complexity index is 2140. The third-order valence-corrected chi connectivity index (χ3v) is 14.7. The number of fused-ring (bicyclic) bond motifs is 6. The van der Waals surface area contributed by atoms with Gasteiger partial charge in [0.2, 0.25) is 0 Å². The van der Waals surface area contributed by atoms with Crippen LogP contribution < -0.4 is 0 Å². The van der Waals surface area contributed by atoms with Gasteiger partial charge >= 0.3 is 0 Å². The topological polar surface area (TPSA) is 0 Å². The van der Waals surface area contributed by atoms with Crippen LogP contribution in [0.15, 0.2) is 97.1 Å². The fraction of sp³-hybridized carbons (Fsp3) is 0.500. The molecule has 5 aromatic carbocycles. The van der Waals surface area contributed by atoms with Crippen LogP contribution in [-0.2, 0) is 28.1 Å². The quantitative estimate of drug-likeness (QED) is 0.0760. The van der Waals surface area contributed by atoms with Crippen LogP contribution in [-0.4, -0.2) is 0 Å². The molecule has 5 aromatic rings. The van der Waals surface area contributed by atoms with Gasteiger partial charge in [0.25, 0.3) is 0 Å². The lowest BCUT2D eigenvalue weighted by Crippen LogP contribution is -2.29. The fourth-order valence-electron chi connectivity index (χ4n) is 11.2. The van der Waals surface area contributed by atoms with Gasteiger partial charge in [-0.2, -0.15) is 0 Å². The molecule has 0 fully saturated rings. The molecule has 0 N–H and O–H groups in total. The molecule has 0 saturated heterocycles. The SMILES string of the molecule is CCCCCCCCC1(CCCCCCCC)c2cc(CCC)ccc2-c2cc3c(cc21)-c1ccc(C)cc1C3(c1ccc(C(C)(C)C)cc1)c1ccc(C(C)(C)C)cc1. The Morgan fingerprint density at radius 3 is 1.35 bits per heavy atom. The molecule has 60 heavy (non-hydrogen) atoms. The lowest BCUT2D eigenvalue weighted by Gasteiger charge is -2.36. The third-order valence-electron chi connectivity index (χ3n) is 14.7. The molecule has 0 aromatic heterocycles. The van der Waals surface area contributed by atoms with E-state index in [9.17, 15) is 0 Å². The molecule has 0 heterocycles. The molecule has 2 aliphatic rings. The standard InChI is InChI=1S/C60H78/c1-11-14-16-18-20-22-37-59(38-23-21-19-17-15-12-2)53-40-44(24-13-3)26-36-49(53)51-42-56-52(41-54(51)59)50-35-25-43(4)39-55(50)60(56,47-31-27-45(28-32-47)57(5,6)7)48-33-29-46(30-34-48)58(8,9)10/h25-36,39-42H,11-24,37-38H2,1-10H3. The van der Waals surface area contributed by atoms with E-state index in [0.29, 0.717) is 0 Å². The highest BCUT2D eigenvalue weighted by atomic mass is 14.5. The van der Waals surface area contributed by atoms with Gasteiger partial charge < -0.3 is 0 Å². The minimum Gasteiger partial charge on any atom is -0.0654 e. The van der Waals surface area contributed by atoms with Crippen molar-refractivity contribution < 1.29 is 0 Å². The second-order valence-electron chi connectivity index (χ2n) is 21.1. The molecule has 0 amide bonds. The monoisotopic (exact) mass is 799 g/mol. The molecule has 0 bridgehead atoms. The number of hydrogen-bond donors (Lipinski definition) is 0. The van der Waals surface area contributed by atoms with E-state index in [1.165, 1.54) is 163 Å². The minimum absolute atomic E-state index is 0.0395. The average molecular weight is 799 g/mol. The fourth-order valence-corrected chi connectivity index (χ4v) is 11.2. The normalized spacial score (nSPS) is 14.8. The van der Waals surface area contributed by atoms with Crippen LogP contribution in [0.2, 0.25) is 0 Å². The van der Waals surface area contributed by atoms with Gasteiger partial charge in [0.05, 0.1) is 5.41 Å². The summed E-state index contributed by atoms with van der Waals surface area (Å²) >= 11 is 0.